The number of hydrogen-bond donors (Lipinski definition) is 2. The van der Waals surface area contributed by atoms with E-state index in [1.165, 1.54) is 7.11 Å². The summed E-state index contributed by atoms with van der Waals surface area (Å²) in [6, 6.07) is 12.6. The highest BCUT2D eigenvalue weighted by molar-refractivity contribution is 5.98. The normalized spacial score (nSPS) is 14.8. The van der Waals surface area contributed by atoms with Crippen molar-refractivity contribution in [2.24, 2.45) is 0 Å². The van der Waals surface area contributed by atoms with Gasteiger partial charge in [0.05, 0.1) is 7.11 Å². The second kappa shape index (κ2) is 6.00. The quantitative estimate of drug-likeness (QED) is 0.905. The third kappa shape index (κ3) is 2.73. The van der Waals surface area contributed by atoms with Gasteiger partial charge in [0.2, 0.25) is 0 Å². The Labute approximate surface area is 140 Å². The minimum atomic E-state index is -1.31. The van der Waals surface area contributed by atoms with E-state index < -0.39 is 17.4 Å². The van der Waals surface area contributed by atoms with E-state index in [9.17, 15) is 14.7 Å². The van der Waals surface area contributed by atoms with Gasteiger partial charge in [-0.1, -0.05) is 30.3 Å². The van der Waals surface area contributed by atoms with Crippen molar-refractivity contribution in [2.45, 2.75) is 25.3 Å². The second-order valence-electron chi connectivity index (χ2n) is 6.15. The number of aryl methyl sites for hydroxylation is 1. The van der Waals surface area contributed by atoms with Gasteiger partial charge in [-0.2, -0.15) is 0 Å². The molecule has 24 heavy (non-hydrogen) atoms. The van der Waals surface area contributed by atoms with E-state index in [4.69, 9.17) is 4.74 Å². The highest BCUT2D eigenvalue weighted by Crippen LogP contribution is 2.31. The Morgan fingerprint density at radius 1 is 1.12 bits per heavy atom. The van der Waals surface area contributed by atoms with Crippen molar-refractivity contribution >= 4 is 11.9 Å². The highest BCUT2D eigenvalue weighted by atomic mass is 16.5. The molecule has 0 atom stereocenters. The summed E-state index contributed by atoms with van der Waals surface area (Å²) >= 11 is 0. The van der Waals surface area contributed by atoms with Crippen LogP contribution in [0, 0.1) is 6.92 Å². The van der Waals surface area contributed by atoms with Crippen LogP contribution in [0.4, 0.5) is 0 Å². The van der Waals surface area contributed by atoms with Crippen molar-refractivity contribution in [2.75, 3.05) is 7.11 Å². The summed E-state index contributed by atoms with van der Waals surface area (Å²) in [6.45, 7) is 1.88. The van der Waals surface area contributed by atoms with E-state index in [2.05, 4.69) is 5.32 Å². The molecule has 1 aliphatic carbocycles. The molecule has 2 N–H and O–H groups in total. The first-order chi connectivity index (χ1) is 11.4. The summed E-state index contributed by atoms with van der Waals surface area (Å²) in [6.07, 6.45) is 0.570. The van der Waals surface area contributed by atoms with Gasteiger partial charge >= 0.3 is 5.97 Å². The molecule has 1 amide bonds. The molecule has 0 aliphatic heterocycles. The van der Waals surface area contributed by atoms with Gasteiger partial charge < -0.3 is 15.2 Å². The Balaban J connectivity index is 1.88. The van der Waals surface area contributed by atoms with Crippen molar-refractivity contribution < 1.29 is 19.4 Å². The highest BCUT2D eigenvalue weighted by Gasteiger charge is 2.45. The Morgan fingerprint density at radius 3 is 2.29 bits per heavy atom. The average molecular weight is 325 g/mol. The largest absolute Gasteiger partial charge is 0.496 e. The van der Waals surface area contributed by atoms with E-state index in [0.29, 0.717) is 11.3 Å². The first-order valence-corrected chi connectivity index (χ1v) is 7.72. The van der Waals surface area contributed by atoms with Crippen LogP contribution in [0.1, 0.15) is 27.0 Å². The number of carboxylic acid groups (broad SMARTS) is 1. The standard InChI is InChI=1S/C19H19NO4/c1-12-7-8-13(9-16(12)24-2)17(21)20-19(18(22)23)10-14-5-3-4-6-15(14)11-19/h3-9H,10-11H2,1-2H3,(H,20,21)(H,22,23). The Morgan fingerprint density at radius 2 is 1.75 bits per heavy atom. The smallest absolute Gasteiger partial charge is 0.330 e. The third-order valence-corrected chi connectivity index (χ3v) is 4.54. The first kappa shape index (κ1) is 16.1. The predicted molar refractivity (Wildman–Crippen MR) is 89.4 cm³/mol. The zero-order chi connectivity index (χ0) is 17.3. The molecule has 0 fully saturated rings. The lowest BCUT2D eigenvalue weighted by atomic mass is 9.95. The Hall–Kier alpha value is -2.82. The minimum Gasteiger partial charge on any atom is -0.496 e. The number of benzene rings is 2. The van der Waals surface area contributed by atoms with Crippen molar-refractivity contribution in [3.8, 4) is 5.75 Å². The van der Waals surface area contributed by atoms with Crippen molar-refractivity contribution in [3.05, 3.63) is 64.7 Å². The molecule has 0 heterocycles. The maximum Gasteiger partial charge on any atom is 0.330 e. The van der Waals surface area contributed by atoms with Crippen LogP contribution >= 0.6 is 0 Å². The molecule has 0 saturated heterocycles. The number of aliphatic carboxylic acids is 1. The van der Waals surface area contributed by atoms with Crippen molar-refractivity contribution in [1.82, 2.24) is 5.32 Å². The van der Waals surface area contributed by atoms with Gasteiger partial charge in [-0.3, -0.25) is 4.79 Å². The van der Waals surface area contributed by atoms with Gasteiger partial charge in [0.25, 0.3) is 5.91 Å². The lowest BCUT2D eigenvalue weighted by Gasteiger charge is -2.25. The SMILES string of the molecule is COc1cc(C(=O)NC2(C(=O)O)Cc3ccccc3C2)ccc1C. The molecule has 0 aromatic heterocycles. The molecule has 5 nitrogen and oxygen atoms in total. The first-order valence-electron chi connectivity index (χ1n) is 7.72. The van der Waals surface area contributed by atoms with Gasteiger partial charge in [0, 0.05) is 18.4 Å². The predicted octanol–water partition coefficient (Wildman–Crippen LogP) is 2.36. The average Bonchev–Trinajstić information content (AvgIpc) is 2.94. The van der Waals surface area contributed by atoms with E-state index in [-0.39, 0.29) is 12.8 Å². The van der Waals surface area contributed by atoms with Crippen molar-refractivity contribution in [3.63, 3.8) is 0 Å². The molecule has 2 aromatic carbocycles. The van der Waals surface area contributed by atoms with E-state index in [1.54, 1.807) is 18.2 Å². The topological polar surface area (TPSA) is 75.6 Å². The fourth-order valence-electron chi connectivity index (χ4n) is 3.16. The maximum absolute atomic E-state index is 12.6. The summed E-state index contributed by atoms with van der Waals surface area (Å²) in [4.78, 5) is 24.5. The fraction of sp³-hybridized carbons (Fsp3) is 0.263. The zero-order valence-corrected chi connectivity index (χ0v) is 13.6. The molecule has 1 aliphatic rings. The molecule has 0 spiro atoms. The number of rotatable bonds is 4. The number of methoxy groups -OCH3 is 1. The molecule has 5 heteroatoms. The number of carbonyl (C=O) groups is 2. The van der Waals surface area contributed by atoms with Gasteiger partial charge in [-0.05, 0) is 35.7 Å². The number of fused-ring (bicyclic) bond motifs is 1. The maximum atomic E-state index is 12.6. The number of hydrogen-bond acceptors (Lipinski definition) is 3. The summed E-state index contributed by atoms with van der Waals surface area (Å²) in [5, 5.41) is 12.5. The van der Waals surface area contributed by atoms with Crippen LogP contribution in [0.2, 0.25) is 0 Å². The summed E-state index contributed by atoms with van der Waals surface area (Å²) in [7, 11) is 1.54. The second-order valence-corrected chi connectivity index (χ2v) is 6.15. The molecule has 2 aromatic rings. The number of amides is 1. The number of carboxylic acids is 1. The van der Waals surface area contributed by atoms with Crippen LogP contribution < -0.4 is 10.1 Å². The van der Waals surface area contributed by atoms with Crippen LogP contribution in [0.15, 0.2) is 42.5 Å². The van der Waals surface area contributed by atoms with E-state index in [1.807, 2.05) is 31.2 Å². The minimum absolute atomic E-state index is 0.285. The van der Waals surface area contributed by atoms with Gasteiger partial charge in [0.15, 0.2) is 0 Å². The molecule has 3 rings (SSSR count). The molecular formula is C19H19NO4. The summed E-state index contributed by atoms with van der Waals surface area (Å²) < 4.78 is 5.23. The Kier molecular flexibility index (Phi) is 4.01. The Bertz CT molecular complexity index is 788. The molecule has 0 saturated carbocycles. The lowest BCUT2D eigenvalue weighted by molar-refractivity contribution is -0.144. The fourth-order valence-corrected chi connectivity index (χ4v) is 3.16. The van der Waals surface area contributed by atoms with E-state index >= 15 is 0 Å². The molecule has 124 valence electrons. The zero-order valence-electron chi connectivity index (χ0n) is 13.6. The number of carbonyl (C=O) groups excluding carboxylic acids is 1. The van der Waals surface area contributed by atoms with Crippen LogP contribution in [0.5, 0.6) is 5.75 Å². The molecule has 0 bridgehead atoms. The third-order valence-electron chi connectivity index (χ3n) is 4.54. The van der Waals surface area contributed by atoms with Gasteiger partial charge in [-0.15, -0.1) is 0 Å². The number of nitrogens with one attached hydrogen (secondary N) is 1. The van der Waals surface area contributed by atoms with Crippen LogP contribution in [0.3, 0.4) is 0 Å². The van der Waals surface area contributed by atoms with Crippen molar-refractivity contribution in [1.29, 1.82) is 0 Å². The molecule has 0 unspecified atom stereocenters. The number of ether oxygens (including phenoxy) is 1. The summed E-state index contributed by atoms with van der Waals surface area (Å²) in [5.41, 5.74) is 1.91. The lowest BCUT2D eigenvalue weighted by Crippen LogP contribution is -2.55. The molecule has 0 radical (unpaired) electrons. The van der Waals surface area contributed by atoms with E-state index in [0.717, 1.165) is 16.7 Å². The monoisotopic (exact) mass is 325 g/mol. The van der Waals surface area contributed by atoms with Gasteiger partial charge in [0.1, 0.15) is 11.3 Å². The van der Waals surface area contributed by atoms with Crippen LogP contribution in [0.25, 0.3) is 0 Å². The summed E-state index contributed by atoms with van der Waals surface area (Å²) in [5.74, 6) is -0.837. The van der Waals surface area contributed by atoms with Crippen LogP contribution in [-0.2, 0) is 17.6 Å². The van der Waals surface area contributed by atoms with Gasteiger partial charge in [-0.25, -0.2) is 4.79 Å². The molecular weight excluding hydrogens is 306 g/mol. The van der Waals surface area contributed by atoms with Crippen LogP contribution in [-0.4, -0.2) is 29.6 Å².